The maximum Gasteiger partial charge on any atom is 0.329 e. The third-order valence-electron chi connectivity index (χ3n) is 13.4. The van der Waals surface area contributed by atoms with Crippen LogP contribution in [-0.4, -0.2) is 122 Å². The van der Waals surface area contributed by atoms with Gasteiger partial charge in [0, 0.05) is 115 Å². The van der Waals surface area contributed by atoms with E-state index in [4.69, 9.17) is 19.4 Å². The fraction of sp³-hybridized carbons (Fsp3) is 0.571. The molecule has 1 aliphatic carbocycles. The number of ether oxygens (including phenoxy) is 2. The lowest BCUT2D eigenvalue weighted by Crippen LogP contribution is -2.46. The molecule has 15 heteroatoms. The van der Waals surface area contributed by atoms with Crippen LogP contribution in [0.1, 0.15) is 101 Å². The molecule has 64 heavy (non-hydrogen) atoms. The molecule has 2 amide bonds. The number of aliphatic hydroxyl groups is 1. The molecule has 0 spiro atoms. The number of anilines is 1. The van der Waals surface area contributed by atoms with Crippen LogP contribution in [0.25, 0.3) is 33.2 Å². The Kier molecular flexibility index (Phi) is 15.6. The van der Waals surface area contributed by atoms with E-state index in [9.17, 15) is 19.5 Å². The number of nitrogens with zero attached hydrogens (tertiary/aromatic N) is 7. The number of fused-ring (bicyclic) bond motifs is 2. The minimum atomic E-state index is -0.677. The van der Waals surface area contributed by atoms with Crippen molar-refractivity contribution in [3.63, 3.8) is 0 Å². The molecule has 0 radical (unpaired) electrons. The van der Waals surface area contributed by atoms with Gasteiger partial charge in [-0.05, 0) is 93.0 Å². The van der Waals surface area contributed by atoms with Gasteiger partial charge in [-0.25, -0.2) is 9.78 Å². The second-order valence-electron chi connectivity index (χ2n) is 18.0. The Balaban J connectivity index is 0.701. The number of piperidine rings is 1. The number of carbonyl (C=O) groups is 2. The summed E-state index contributed by atoms with van der Waals surface area (Å²) in [5, 5.41) is 17.0. The van der Waals surface area contributed by atoms with Gasteiger partial charge in [0.25, 0.3) is 0 Å². The van der Waals surface area contributed by atoms with Crippen LogP contribution in [0, 0.1) is 0 Å². The van der Waals surface area contributed by atoms with Gasteiger partial charge in [-0.15, -0.1) is 0 Å². The largest absolute Gasteiger partial charge is 0.393 e. The van der Waals surface area contributed by atoms with Crippen molar-refractivity contribution in [2.24, 2.45) is 7.05 Å². The molecule has 8 rings (SSSR count). The van der Waals surface area contributed by atoms with Crippen molar-refractivity contribution in [3.05, 3.63) is 76.5 Å². The SMILES string of the molecule is CCCCNc1ncc2c(-c3ccc(CN4CCN(CCCOCCCOCCCc5ccc6c(c5)n(C)c(=O)n6[C@H]5CCC(=O)NC5=O)CC4)cc3)cn(C3CCC(O)CC3)c2n1. The predicted octanol–water partition coefficient (Wildman–Crippen LogP) is 5.98. The normalized spacial score (nSPS) is 20.1. The molecule has 3 N–H and O–H groups in total. The van der Waals surface area contributed by atoms with E-state index in [0.717, 1.165) is 144 Å². The van der Waals surface area contributed by atoms with Gasteiger partial charge in [0.1, 0.15) is 11.7 Å². The van der Waals surface area contributed by atoms with Crippen LogP contribution in [0.4, 0.5) is 5.95 Å². The van der Waals surface area contributed by atoms with E-state index in [2.05, 4.69) is 62.4 Å². The number of nitrogens with one attached hydrogen (secondary N) is 2. The minimum absolute atomic E-state index is 0.197. The van der Waals surface area contributed by atoms with Crippen molar-refractivity contribution in [2.75, 3.05) is 71.0 Å². The first kappa shape index (κ1) is 45.6. The Hall–Kier alpha value is -4.93. The van der Waals surface area contributed by atoms with Crippen molar-refractivity contribution in [2.45, 2.75) is 109 Å². The van der Waals surface area contributed by atoms with Gasteiger partial charge in [-0.2, -0.15) is 4.98 Å². The molecule has 3 aliphatic rings. The number of aryl methyl sites for hydroxylation is 2. The van der Waals surface area contributed by atoms with E-state index >= 15 is 0 Å². The zero-order valence-corrected chi connectivity index (χ0v) is 37.8. The molecule has 15 nitrogen and oxygen atoms in total. The maximum atomic E-state index is 13.0. The smallest absolute Gasteiger partial charge is 0.329 e. The summed E-state index contributed by atoms with van der Waals surface area (Å²) < 4.78 is 17.3. The zero-order chi connectivity index (χ0) is 44.4. The van der Waals surface area contributed by atoms with E-state index < -0.39 is 11.9 Å². The first-order valence-corrected chi connectivity index (χ1v) is 23.8. The summed E-state index contributed by atoms with van der Waals surface area (Å²) in [6.07, 6.45) is 13.9. The molecule has 5 heterocycles. The molecule has 0 bridgehead atoms. The minimum Gasteiger partial charge on any atom is -0.393 e. The third kappa shape index (κ3) is 11.1. The van der Waals surface area contributed by atoms with Crippen molar-refractivity contribution in [3.8, 4) is 11.1 Å². The molecule has 1 saturated carbocycles. The summed E-state index contributed by atoms with van der Waals surface area (Å²) in [6, 6.07) is 14.6. The second kappa shape index (κ2) is 21.8. The molecule has 2 aliphatic heterocycles. The van der Waals surface area contributed by atoms with Gasteiger partial charge in [0.15, 0.2) is 0 Å². The van der Waals surface area contributed by atoms with Crippen LogP contribution in [0.3, 0.4) is 0 Å². The summed E-state index contributed by atoms with van der Waals surface area (Å²) in [5.41, 5.74) is 6.98. The van der Waals surface area contributed by atoms with Crippen LogP contribution in [0.15, 0.2) is 59.7 Å². The first-order valence-electron chi connectivity index (χ1n) is 23.8. The lowest BCUT2D eigenvalue weighted by Gasteiger charge is -2.34. The topological polar surface area (TPSA) is 161 Å². The molecule has 0 unspecified atom stereocenters. The summed E-state index contributed by atoms with van der Waals surface area (Å²) in [4.78, 5) is 51.9. The Bertz CT molecular complexity index is 2390. The molecule has 3 aromatic heterocycles. The number of benzene rings is 2. The Morgan fingerprint density at radius 2 is 1.55 bits per heavy atom. The molecule has 344 valence electrons. The van der Waals surface area contributed by atoms with Crippen molar-refractivity contribution in [1.82, 2.24) is 38.8 Å². The molecular weight excluding hydrogens is 811 g/mol. The number of unbranched alkanes of at least 4 members (excludes halogenated alkanes) is 1. The van der Waals surface area contributed by atoms with Crippen LogP contribution in [0.5, 0.6) is 0 Å². The summed E-state index contributed by atoms with van der Waals surface area (Å²) >= 11 is 0. The number of hydrogen-bond donors (Lipinski definition) is 3. The lowest BCUT2D eigenvalue weighted by molar-refractivity contribution is -0.135. The fourth-order valence-corrected chi connectivity index (χ4v) is 9.59. The molecule has 5 aromatic rings. The molecule has 2 saturated heterocycles. The van der Waals surface area contributed by atoms with Gasteiger partial charge in [-0.3, -0.25) is 28.9 Å². The van der Waals surface area contributed by atoms with Crippen molar-refractivity contribution in [1.29, 1.82) is 0 Å². The average molecular weight is 878 g/mol. The number of amides is 2. The van der Waals surface area contributed by atoms with Crippen molar-refractivity contribution >= 4 is 39.8 Å². The van der Waals surface area contributed by atoms with E-state index in [1.165, 1.54) is 15.7 Å². The van der Waals surface area contributed by atoms with Crippen LogP contribution in [-0.2, 0) is 39.1 Å². The van der Waals surface area contributed by atoms with Gasteiger partial charge in [-0.1, -0.05) is 43.7 Å². The molecule has 3 fully saturated rings. The highest BCUT2D eigenvalue weighted by Crippen LogP contribution is 2.37. The van der Waals surface area contributed by atoms with Crippen LogP contribution < -0.4 is 16.3 Å². The second-order valence-corrected chi connectivity index (χ2v) is 18.0. The Labute approximate surface area is 376 Å². The number of imide groups is 1. The molecule has 1 atom stereocenters. The van der Waals surface area contributed by atoms with E-state index in [1.54, 1.807) is 11.6 Å². The van der Waals surface area contributed by atoms with E-state index in [0.29, 0.717) is 43.7 Å². The van der Waals surface area contributed by atoms with Gasteiger partial charge in [0.05, 0.1) is 17.1 Å². The van der Waals surface area contributed by atoms with Gasteiger partial charge >= 0.3 is 5.69 Å². The number of aromatic nitrogens is 5. The van der Waals surface area contributed by atoms with Crippen LogP contribution in [0.2, 0.25) is 0 Å². The van der Waals surface area contributed by atoms with Gasteiger partial charge < -0.3 is 29.4 Å². The maximum absolute atomic E-state index is 13.0. The highest BCUT2D eigenvalue weighted by molar-refractivity contribution is 6.00. The zero-order valence-electron chi connectivity index (χ0n) is 37.8. The number of hydrogen-bond acceptors (Lipinski definition) is 11. The highest BCUT2D eigenvalue weighted by Gasteiger charge is 2.31. The number of imidazole rings is 1. The lowest BCUT2D eigenvalue weighted by atomic mass is 9.93. The average Bonchev–Trinajstić information content (AvgIpc) is 3.80. The van der Waals surface area contributed by atoms with Crippen LogP contribution >= 0.6 is 0 Å². The highest BCUT2D eigenvalue weighted by atomic mass is 16.5. The van der Waals surface area contributed by atoms with Gasteiger partial charge in [0.2, 0.25) is 17.8 Å². The molecule has 2 aromatic carbocycles. The van der Waals surface area contributed by atoms with E-state index in [-0.39, 0.29) is 24.1 Å². The number of piperazine rings is 1. The van der Waals surface area contributed by atoms with E-state index in [1.807, 2.05) is 24.4 Å². The number of carbonyl (C=O) groups excluding carboxylic acids is 2. The summed E-state index contributed by atoms with van der Waals surface area (Å²) in [5.74, 6) is -0.0346. The molecular formula is C49H67N9O6. The Morgan fingerprint density at radius 3 is 2.30 bits per heavy atom. The quantitative estimate of drug-likeness (QED) is 0.0588. The predicted molar refractivity (Wildman–Crippen MR) is 249 cm³/mol. The number of rotatable bonds is 21. The standard InChI is InChI=1S/C49H67N9O6/c1-3-4-21-50-48-51-32-40-41(34-57(46(40)53-48)38-14-16-39(59)17-15-38)37-12-9-36(10-13-37)33-56-25-23-55(24-26-56)22-6-28-64-30-7-29-63-27-5-8-35-11-18-42-44(31-35)54(2)49(62)58(42)43-19-20-45(60)52-47(43)61/h9-13,18,31-32,34,38-39,43,59H,3-8,14-17,19-30,33H2,1-2H3,(H,50,51,53)(H,52,60,61)/t38?,39?,43-/m0/s1. The van der Waals surface area contributed by atoms with Crippen molar-refractivity contribution < 1.29 is 24.2 Å². The fourth-order valence-electron chi connectivity index (χ4n) is 9.59. The third-order valence-corrected chi connectivity index (χ3v) is 13.4. The summed E-state index contributed by atoms with van der Waals surface area (Å²) in [6.45, 7) is 12.1. The Morgan fingerprint density at radius 1 is 0.828 bits per heavy atom. The monoisotopic (exact) mass is 878 g/mol. The first-order chi connectivity index (χ1) is 31.2. The number of aliphatic hydroxyl groups excluding tert-OH is 1. The summed E-state index contributed by atoms with van der Waals surface area (Å²) in [7, 11) is 1.72.